The van der Waals surface area contributed by atoms with Gasteiger partial charge in [-0.05, 0) is 48.0 Å². The molecule has 1 unspecified atom stereocenters. The number of alkyl halides is 3. The third kappa shape index (κ3) is 3.73. The lowest BCUT2D eigenvalue weighted by Gasteiger charge is -2.18. The van der Waals surface area contributed by atoms with E-state index in [9.17, 15) is 18.0 Å². The average Bonchev–Trinajstić information content (AvgIpc) is 2.15. The summed E-state index contributed by atoms with van der Waals surface area (Å²) in [4.78, 5) is 11.1. The predicted molar refractivity (Wildman–Crippen MR) is 60.3 cm³/mol. The molecule has 0 amide bonds. The molecule has 1 rings (SSSR count). The normalized spacial score (nSPS) is 13.3. The summed E-state index contributed by atoms with van der Waals surface area (Å²) in [6, 6.07) is 4.10. The molecule has 0 radical (unpaired) electrons. The van der Waals surface area contributed by atoms with Crippen LogP contribution in [-0.2, 0) is 0 Å². The first-order valence-corrected chi connectivity index (χ1v) is 5.55. The number of halogens is 4. The van der Waals surface area contributed by atoms with Crippen LogP contribution in [0, 0.1) is 0 Å². The van der Waals surface area contributed by atoms with Gasteiger partial charge >= 0.3 is 6.18 Å². The van der Waals surface area contributed by atoms with Gasteiger partial charge in [0, 0.05) is 10.0 Å². The smallest absolute Gasteiger partial charge is 0.425 e. The van der Waals surface area contributed by atoms with Gasteiger partial charge in [0.1, 0.15) is 5.75 Å². The Balaban J connectivity index is 2.88. The third-order valence-electron chi connectivity index (χ3n) is 2.09. The molecule has 17 heavy (non-hydrogen) atoms. The maximum atomic E-state index is 12.3. The number of ketones is 1. The van der Waals surface area contributed by atoms with Crippen LogP contribution in [0.2, 0.25) is 0 Å². The van der Waals surface area contributed by atoms with Gasteiger partial charge in [-0.15, -0.1) is 0 Å². The lowest BCUT2D eigenvalue weighted by molar-refractivity contribution is -0.189. The molecule has 0 N–H and O–H groups in total. The van der Waals surface area contributed by atoms with Crippen molar-refractivity contribution in [3.63, 3.8) is 0 Å². The molecule has 1 aromatic rings. The van der Waals surface area contributed by atoms with E-state index in [2.05, 4.69) is 15.9 Å². The number of Topliss-reactive ketones (excluding diaryl/α,β-unsaturated/α-hetero) is 1. The molecule has 0 bridgehead atoms. The Labute approximate surface area is 105 Å². The van der Waals surface area contributed by atoms with E-state index in [0.29, 0.717) is 10.0 Å². The second-order valence-corrected chi connectivity index (χ2v) is 4.35. The van der Waals surface area contributed by atoms with Gasteiger partial charge in [-0.25, -0.2) is 0 Å². The highest BCUT2D eigenvalue weighted by Gasteiger charge is 2.38. The Hall–Kier alpha value is -1.04. The largest absolute Gasteiger partial charge is 0.481 e. The second kappa shape index (κ2) is 5.08. The van der Waals surface area contributed by atoms with Crippen LogP contribution >= 0.6 is 15.9 Å². The zero-order chi connectivity index (χ0) is 13.2. The van der Waals surface area contributed by atoms with Crippen LogP contribution in [0.15, 0.2) is 22.7 Å². The van der Waals surface area contributed by atoms with Crippen molar-refractivity contribution in [2.24, 2.45) is 0 Å². The number of hydrogen-bond donors (Lipinski definition) is 0. The van der Waals surface area contributed by atoms with Crippen molar-refractivity contribution < 1.29 is 22.7 Å². The van der Waals surface area contributed by atoms with E-state index in [0.717, 1.165) is 6.92 Å². The molecule has 1 aromatic carbocycles. The predicted octanol–water partition coefficient (Wildman–Crippen LogP) is 3.98. The molecule has 2 nitrogen and oxygen atoms in total. The van der Waals surface area contributed by atoms with E-state index in [-0.39, 0.29) is 11.5 Å². The van der Waals surface area contributed by atoms with E-state index in [4.69, 9.17) is 4.74 Å². The summed E-state index contributed by atoms with van der Waals surface area (Å²) < 4.78 is 41.9. The van der Waals surface area contributed by atoms with Crippen LogP contribution in [0.5, 0.6) is 5.75 Å². The molecular formula is C11H10BrF3O2. The summed E-state index contributed by atoms with van der Waals surface area (Å²) in [6.07, 6.45) is -6.30. The quantitative estimate of drug-likeness (QED) is 0.789. The fourth-order valence-corrected chi connectivity index (χ4v) is 1.76. The molecule has 6 heteroatoms. The van der Waals surface area contributed by atoms with Gasteiger partial charge in [-0.2, -0.15) is 13.2 Å². The van der Waals surface area contributed by atoms with E-state index >= 15 is 0 Å². The highest BCUT2D eigenvalue weighted by Crippen LogP contribution is 2.28. The van der Waals surface area contributed by atoms with E-state index in [1.807, 2.05) is 0 Å². The summed E-state index contributed by atoms with van der Waals surface area (Å²) in [7, 11) is 0. The second-order valence-electron chi connectivity index (χ2n) is 3.50. The van der Waals surface area contributed by atoms with E-state index < -0.39 is 12.3 Å². The van der Waals surface area contributed by atoms with Crippen LogP contribution < -0.4 is 4.74 Å². The fraction of sp³-hybridized carbons (Fsp3) is 0.364. The first-order valence-electron chi connectivity index (χ1n) is 4.75. The molecule has 1 atom stereocenters. The topological polar surface area (TPSA) is 26.3 Å². The highest BCUT2D eigenvalue weighted by atomic mass is 79.9. The zero-order valence-electron chi connectivity index (χ0n) is 9.14. The minimum atomic E-state index is -4.41. The van der Waals surface area contributed by atoms with Crippen LogP contribution in [0.4, 0.5) is 13.2 Å². The minimum absolute atomic E-state index is 0.0618. The van der Waals surface area contributed by atoms with Crippen molar-refractivity contribution in [1.82, 2.24) is 0 Å². The summed E-state index contributed by atoms with van der Waals surface area (Å²) in [5.74, 6) is -0.112. The molecule has 0 saturated heterocycles. The molecule has 0 aliphatic heterocycles. The molecule has 0 aromatic heterocycles. The minimum Gasteiger partial charge on any atom is -0.481 e. The number of carbonyl (C=O) groups is 1. The Morgan fingerprint density at radius 1 is 1.41 bits per heavy atom. The van der Waals surface area contributed by atoms with E-state index in [1.54, 1.807) is 0 Å². The summed E-state index contributed by atoms with van der Waals surface area (Å²) in [6.45, 7) is 2.30. The van der Waals surface area contributed by atoms with Crippen molar-refractivity contribution in [3.8, 4) is 5.75 Å². The van der Waals surface area contributed by atoms with Crippen molar-refractivity contribution in [1.29, 1.82) is 0 Å². The van der Waals surface area contributed by atoms with E-state index in [1.165, 1.54) is 25.1 Å². The number of rotatable bonds is 3. The molecular weight excluding hydrogens is 301 g/mol. The molecule has 94 valence electrons. The lowest BCUT2D eigenvalue weighted by atomic mass is 10.1. The van der Waals surface area contributed by atoms with Gasteiger partial charge < -0.3 is 4.74 Å². The number of benzene rings is 1. The summed E-state index contributed by atoms with van der Waals surface area (Å²) in [5, 5.41) is 0. The monoisotopic (exact) mass is 310 g/mol. The van der Waals surface area contributed by atoms with Crippen LogP contribution in [0.1, 0.15) is 24.2 Å². The maximum Gasteiger partial charge on any atom is 0.425 e. The van der Waals surface area contributed by atoms with Crippen molar-refractivity contribution in [2.45, 2.75) is 26.1 Å². The average molecular weight is 311 g/mol. The first kappa shape index (κ1) is 14.0. The fourth-order valence-electron chi connectivity index (χ4n) is 1.13. The SMILES string of the molecule is CC(=O)c1ccc(OC(C)C(F)(F)F)cc1Br. The standard InChI is InChI=1S/C11H10BrF3O2/c1-6(16)9-4-3-8(5-10(9)12)17-7(2)11(13,14)15/h3-5,7H,1-2H3. The van der Waals surface area contributed by atoms with Crippen LogP contribution in [0.3, 0.4) is 0 Å². The van der Waals surface area contributed by atoms with Crippen molar-refractivity contribution in [3.05, 3.63) is 28.2 Å². The van der Waals surface area contributed by atoms with Gasteiger partial charge in [0.15, 0.2) is 11.9 Å². The number of hydrogen-bond acceptors (Lipinski definition) is 2. The highest BCUT2D eigenvalue weighted by molar-refractivity contribution is 9.10. The molecule has 0 saturated carbocycles. The van der Waals surface area contributed by atoms with Crippen LogP contribution in [0.25, 0.3) is 0 Å². The van der Waals surface area contributed by atoms with Crippen LogP contribution in [-0.4, -0.2) is 18.1 Å². The maximum absolute atomic E-state index is 12.3. The molecule has 0 heterocycles. The number of carbonyl (C=O) groups excluding carboxylic acids is 1. The Kier molecular flexibility index (Phi) is 4.19. The molecule has 0 aliphatic rings. The van der Waals surface area contributed by atoms with Gasteiger partial charge in [0.2, 0.25) is 0 Å². The molecule has 0 aliphatic carbocycles. The van der Waals surface area contributed by atoms with Gasteiger partial charge in [0.25, 0.3) is 0 Å². The summed E-state index contributed by atoms with van der Waals surface area (Å²) >= 11 is 3.11. The van der Waals surface area contributed by atoms with Gasteiger partial charge in [0.05, 0.1) is 0 Å². The third-order valence-corrected chi connectivity index (χ3v) is 2.75. The zero-order valence-corrected chi connectivity index (χ0v) is 10.7. The molecule has 0 spiro atoms. The van der Waals surface area contributed by atoms with Gasteiger partial charge in [-0.1, -0.05) is 0 Å². The van der Waals surface area contributed by atoms with Gasteiger partial charge in [-0.3, -0.25) is 4.79 Å². The van der Waals surface area contributed by atoms with Crippen molar-refractivity contribution in [2.75, 3.05) is 0 Å². The Bertz CT molecular complexity index is 429. The van der Waals surface area contributed by atoms with Crippen molar-refractivity contribution >= 4 is 21.7 Å². The first-order chi connectivity index (χ1) is 7.71. The Morgan fingerprint density at radius 2 is 2.00 bits per heavy atom. The molecule has 0 fully saturated rings. The number of ether oxygens (including phenoxy) is 1. The summed E-state index contributed by atoms with van der Waals surface area (Å²) in [5.41, 5.74) is 0.400. The Morgan fingerprint density at radius 3 is 2.41 bits per heavy atom. The lowest BCUT2D eigenvalue weighted by Crippen LogP contribution is -2.31.